The Morgan fingerprint density at radius 2 is 1.46 bits per heavy atom. The highest BCUT2D eigenvalue weighted by molar-refractivity contribution is 5.44. The number of imidazole rings is 1. The molecule has 0 atom stereocenters. The molecule has 4 aromatic rings. The average molecular weight is 346 g/mol. The normalized spacial score (nSPS) is 11.4. The average Bonchev–Trinajstić information content (AvgIpc) is 3.31. The lowest BCUT2D eigenvalue weighted by Crippen LogP contribution is -2.25. The van der Waals surface area contributed by atoms with Crippen LogP contribution in [0.4, 0.5) is 0 Å². The van der Waals surface area contributed by atoms with Gasteiger partial charge in [-0.3, -0.25) is 0 Å². The van der Waals surface area contributed by atoms with Crippen molar-refractivity contribution >= 4 is 0 Å². The van der Waals surface area contributed by atoms with Crippen LogP contribution in [0.15, 0.2) is 55.1 Å². The zero-order valence-electron chi connectivity index (χ0n) is 15.5. The van der Waals surface area contributed by atoms with Gasteiger partial charge in [-0.1, -0.05) is 18.2 Å². The van der Waals surface area contributed by atoms with E-state index in [0.29, 0.717) is 0 Å². The maximum absolute atomic E-state index is 4.77. The number of hydrogen-bond donors (Lipinski definition) is 0. The molecule has 0 fully saturated rings. The van der Waals surface area contributed by atoms with Crippen LogP contribution in [0.1, 0.15) is 34.5 Å². The second-order valence-corrected chi connectivity index (χ2v) is 6.65. The van der Waals surface area contributed by atoms with Crippen molar-refractivity contribution in [2.24, 2.45) is 0 Å². The minimum Gasteiger partial charge on any atom is -0.306 e. The molecule has 6 heteroatoms. The molecule has 6 nitrogen and oxygen atoms in total. The fourth-order valence-corrected chi connectivity index (χ4v) is 3.50. The molecule has 0 radical (unpaired) electrons. The van der Waals surface area contributed by atoms with E-state index in [1.54, 1.807) is 6.20 Å². The summed E-state index contributed by atoms with van der Waals surface area (Å²) in [4.78, 5) is 4.21. The van der Waals surface area contributed by atoms with E-state index in [-0.39, 0.29) is 6.17 Å². The molecule has 4 rings (SSSR count). The third-order valence-electron chi connectivity index (χ3n) is 4.55. The van der Waals surface area contributed by atoms with Gasteiger partial charge in [-0.2, -0.15) is 10.2 Å². The number of para-hydroxylation sites is 1. The molecule has 0 saturated heterocycles. The minimum absolute atomic E-state index is 0.170. The number of aryl methyl sites for hydroxylation is 4. The third kappa shape index (κ3) is 2.73. The van der Waals surface area contributed by atoms with Gasteiger partial charge in [0, 0.05) is 29.3 Å². The zero-order valence-corrected chi connectivity index (χ0v) is 15.5. The lowest BCUT2D eigenvalue weighted by Gasteiger charge is -2.24. The molecular weight excluding hydrogens is 324 g/mol. The molecule has 0 unspecified atom stereocenters. The predicted molar refractivity (Wildman–Crippen MR) is 101 cm³/mol. The fraction of sp³-hybridized carbons (Fsp3) is 0.250. The first-order valence-corrected chi connectivity index (χ1v) is 8.67. The van der Waals surface area contributed by atoms with Crippen LogP contribution in [-0.2, 0) is 0 Å². The topological polar surface area (TPSA) is 53.5 Å². The highest BCUT2D eigenvalue weighted by Crippen LogP contribution is 2.28. The highest BCUT2D eigenvalue weighted by atomic mass is 15.5. The van der Waals surface area contributed by atoms with Gasteiger partial charge in [0.1, 0.15) is 0 Å². The van der Waals surface area contributed by atoms with E-state index in [2.05, 4.69) is 49.2 Å². The first kappa shape index (κ1) is 16.3. The van der Waals surface area contributed by atoms with Gasteiger partial charge in [0.2, 0.25) is 0 Å². The Balaban J connectivity index is 1.99. The largest absolute Gasteiger partial charge is 0.306 e. The van der Waals surface area contributed by atoms with Gasteiger partial charge in [-0.25, -0.2) is 14.3 Å². The fourth-order valence-electron chi connectivity index (χ4n) is 3.50. The zero-order chi connectivity index (χ0) is 18.3. The predicted octanol–water partition coefficient (Wildman–Crippen LogP) is 3.59. The Hall–Kier alpha value is -3.15. The van der Waals surface area contributed by atoms with E-state index < -0.39 is 0 Å². The van der Waals surface area contributed by atoms with Gasteiger partial charge in [-0.15, -0.1) is 0 Å². The van der Waals surface area contributed by atoms with Crippen LogP contribution in [0, 0.1) is 27.7 Å². The quantitative estimate of drug-likeness (QED) is 0.567. The summed E-state index contributed by atoms with van der Waals surface area (Å²) in [5.41, 5.74) is 6.36. The number of hydrogen-bond acceptors (Lipinski definition) is 3. The first-order chi connectivity index (χ1) is 12.5. The standard InChI is InChI=1S/C20H22N6/c1-14-11-16(3)25(22-14)20(26-17(4)12-15(2)23-26)18-7-5-6-8-19(18)24-10-9-21-13-24/h5-13,20H,1-4H3. The van der Waals surface area contributed by atoms with Crippen molar-refractivity contribution < 1.29 is 0 Å². The molecule has 0 saturated carbocycles. The summed E-state index contributed by atoms with van der Waals surface area (Å²) in [6.45, 7) is 8.20. The maximum Gasteiger partial charge on any atom is 0.171 e. The van der Waals surface area contributed by atoms with Crippen molar-refractivity contribution in [2.45, 2.75) is 33.9 Å². The van der Waals surface area contributed by atoms with E-state index in [1.165, 1.54) is 0 Å². The van der Waals surface area contributed by atoms with Crippen LogP contribution >= 0.6 is 0 Å². The summed E-state index contributed by atoms with van der Waals surface area (Å²) in [7, 11) is 0. The molecule has 1 aromatic carbocycles. The van der Waals surface area contributed by atoms with Crippen molar-refractivity contribution in [3.63, 3.8) is 0 Å². The minimum atomic E-state index is -0.170. The van der Waals surface area contributed by atoms with Crippen LogP contribution in [0.3, 0.4) is 0 Å². The van der Waals surface area contributed by atoms with Gasteiger partial charge in [-0.05, 0) is 45.9 Å². The van der Waals surface area contributed by atoms with Crippen LogP contribution in [0.5, 0.6) is 0 Å². The molecule has 3 aromatic heterocycles. The summed E-state index contributed by atoms with van der Waals surface area (Å²) >= 11 is 0. The third-order valence-corrected chi connectivity index (χ3v) is 4.55. The number of nitrogens with zero attached hydrogens (tertiary/aromatic N) is 6. The Morgan fingerprint density at radius 3 is 1.96 bits per heavy atom. The van der Waals surface area contributed by atoms with Gasteiger partial charge in [0.25, 0.3) is 0 Å². The molecule has 26 heavy (non-hydrogen) atoms. The van der Waals surface area contributed by atoms with Gasteiger partial charge in [0.05, 0.1) is 23.4 Å². The molecule has 3 heterocycles. The SMILES string of the molecule is Cc1cc(C)n(C(c2ccccc2-n2ccnc2)n2nc(C)cc2C)n1. The first-order valence-electron chi connectivity index (χ1n) is 8.67. The van der Waals surface area contributed by atoms with Gasteiger partial charge < -0.3 is 4.57 Å². The Morgan fingerprint density at radius 1 is 0.846 bits per heavy atom. The Kier molecular flexibility index (Phi) is 3.95. The van der Waals surface area contributed by atoms with E-state index in [1.807, 2.05) is 46.4 Å². The summed E-state index contributed by atoms with van der Waals surface area (Å²) in [6.07, 6.45) is 5.39. The maximum atomic E-state index is 4.77. The number of benzene rings is 1. The molecule has 0 spiro atoms. The molecule has 0 bridgehead atoms. The van der Waals surface area contributed by atoms with E-state index in [9.17, 15) is 0 Å². The van der Waals surface area contributed by atoms with Crippen molar-refractivity contribution in [3.05, 3.63) is 83.5 Å². The number of rotatable bonds is 4. The molecule has 0 N–H and O–H groups in total. The molecule has 0 aliphatic rings. The molecule has 0 aliphatic carbocycles. The number of aromatic nitrogens is 6. The van der Waals surface area contributed by atoms with Gasteiger partial charge >= 0.3 is 0 Å². The Bertz CT molecular complexity index is 992. The Labute approximate surface area is 152 Å². The molecule has 132 valence electrons. The van der Waals surface area contributed by atoms with Crippen LogP contribution in [0.25, 0.3) is 5.69 Å². The van der Waals surface area contributed by atoms with E-state index in [0.717, 1.165) is 34.0 Å². The van der Waals surface area contributed by atoms with Crippen LogP contribution < -0.4 is 0 Å². The lowest BCUT2D eigenvalue weighted by molar-refractivity contribution is 0.400. The van der Waals surface area contributed by atoms with Crippen LogP contribution in [-0.4, -0.2) is 29.1 Å². The monoisotopic (exact) mass is 346 g/mol. The van der Waals surface area contributed by atoms with Crippen LogP contribution in [0.2, 0.25) is 0 Å². The lowest BCUT2D eigenvalue weighted by atomic mass is 10.1. The smallest absolute Gasteiger partial charge is 0.171 e. The van der Waals surface area contributed by atoms with Crippen molar-refractivity contribution in [2.75, 3.05) is 0 Å². The van der Waals surface area contributed by atoms with Crippen molar-refractivity contribution in [1.82, 2.24) is 29.1 Å². The van der Waals surface area contributed by atoms with E-state index in [4.69, 9.17) is 10.2 Å². The highest BCUT2D eigenvalue weighted by Gasteiger charge is 2.24. The van der Waals surface area contributed by atoms with E-state index >= 15 is 0 Å². The summed E-state index contributed by atoms with van der Waals surface area (Å²) in [5.74, 6) is 0. The molecular formula is C20H22N6. The summed E-state index contributed by atoms with van der Waals surface area (Å²) in [6, 6.07) is 12.5. The van der Waals surface area contributed by atoms with Crippen molar-refractivity contribution in [3.8, 4) is 5.69 Å². The second-order valence-electron chi connectivity index (χ2n) is 6.65. The molecule has 0 amide bonds. The second kappa shape index (κ2) is 6.29. The van der Waals surface area contributed by atoms with Crippen molar-refractivity contribution in [1.29, 1.82) is 0 Å². The summed E-state index contributed by atoms with van der Waals surface area (Å²) < 4.78 is 6.12. The molecule has 0 aliphatic heterocycles. The summed E-state index contributed by atoms with van der Waals surface area (Å²) in [5, 5.41) is 9.53. The van der Waals surface area contributed by atoms with Gasteiger partial charge in [0.15, 0.2) is 6.17 Å².